The zero-order chi connectivity index (χ0) is 17.4. The molecule has 1 N–H and O–H groups in total. The molecule has 1 amide bonds. The Labute approximate surface area is 143 Å². The maximum absolute atomic E-state index is 12.0. The highest BCUT2D eigenvalue weighted by Gasteiger charge is 2.05. The minimum Gasteiger partial charge on any atom is -0.496 e. The normalized spacial score (nSPS) is 10.3. The first-order valence-corrected chi connectivity index (χ1v) is 8.24. The maximum Gasteiger partial charge on any atom is 0.220 e. The van der Waals surface area contributed by atoms with Crippen LogP contribution in [0.25, 0.3) is 0 Å². The van der Waals surface area contributed by atoms with Crippen LogP contribution >= 0.6 is 0 Å². The molecule has 0 aliphatic heterocycles. The number of amides is 1. The predicted octanol–water partition coefficient (Wildman–Crippen LogP) is 3.65. The van der Waals surface area contributed by atoms with Gasteiger partial charge in [-0.25, -0.2) is 0 Å². The molecule has 0 saturated carbocycles. The van der Waals surface area contributed by atoms with E-state index in [1.54, 1.807) is 7.11 Å². The van der Waals surface area contributed by atoms with E-state index in [2.05, 4.69) is 11.4 Å². The number of methoxy groups -OCH3 is 1. The van der Waals surface area contributed by atoms with Gasteiger partial charge in [-0.1, -0.05) is 24.3 Å². The number of ether oxygens (including phenoxy) is 2. The van der Waals surface area contributed by atoms with Gasteiger partial charge in [0.05, 0.1) is 13.7 Å². The summed E-state index contributed by atoms with van der Waals surface area (Å²) in [5.74, 6) is 1.78. The third-order valence-electron chi connectivity index (χ3n) is 3.82. The second kappa shape index (κ2) is 8.96. The van der Waals surface area contributed by atoms with Crippen molar-refractivity contribution in [3.63, 3.8) is 0 Å². The highest BCUT2D eigenvalue weighted by Crippen LogP contribution is 2.19. The number of benzene rings is 2. The molecule has 0 aromatic heterocycles. The van der Waals surface area contributed by atoms with E-state index in [9.17, 15) is 4.79 Å². The van der Waals surface area contributed by atoms with E-state index in [-0.39, 0.29) is 5.91 Å². The van der Waals surface area contributed by atoms with E-state index in [0.717, 1.165) is 34.6 Å². The fourth-order valence-corrected chi connectivity index (χ4v) is 2.51. The van der Waals surface area contributed by atoms with Crippen molar-refractivity contribution in [1.29, 1.82) is 0 Å². The second-order valence-electron chi connectivity index (χ2n) is 5.66. The predicted molar refractivity (Wildman–Crippen MR) is 95.5 cm³/mol. The molecule has 4 heteroatoms. The van der Waals surface area contributed by atoms with Gasteiger partial charge in [0.1, 0.15) is 11.5 Å². The lowest BCUT2D eigenvalue weighted by molar-refractivity contribution is -0.121. The van der Waals surface area contributed by atoms with Crippen LogP contribution < -0.4 is 14.8 Å². The fourth-order valence-electron chi connectivity index (χ4n) is 2.51. The zero-order valence-corrected chi connectivity index (χ0v) is 14.6. The molecule has 0 aliphatic carbocycles. The van der Waals surface area contributed by atoms with Crippen molar-refractivity contribution in [3.8, 4) is 11.5 Å². The van der Waals surface area contributed by atoms with Gasteiger partial charge < -0.3 is 14.8 Å². The summed E-state index contributed by atoms with van der Waals surface area (Å²) in [7, 11) is 1.66. The Morgan fingerprint density at radius 2 is 1.79 bits per heavy atom. The van der Waals surface area contributed by atoms with Crippen molar-refractivity contribution in [3.05, 3.63) is 59.2 Å². The fraction of sp³-hybridized carbons (Fsp3) is 0.350. The van der Waals surface area contributed by atoms with Gasteiger partial charge in [0, 0.05) is 13.0 Å². The van der Waals surface area contributed by atoms with Gasteiger partial charge in [0.2, 0.25) is 5.91 Å². The molecule has 0 unspecified atom stereocenters. The first kappa shape index (κ1) is 17.9. The number of carbonyl (C=O) groups excluding carboxylic acids is 1. The molecule has 0 fully saturated rings. The van der Waals surface area contributed by atoms with Gasteiger partial charge in [-0.2, -0.15) is 0 Å². The third-order valence-corrected chi connectivity index (χ3v) is 3.82. The lowest BCUT2D eigenvalue weighted by Crippen LogP contribution is -2.22. The quantitative estimate of drug-likeness (QED) is 0.805. The number of nitrogens with one attached hydrogen (secondary N) is 1. The second-order valence-corrected chi connectivity index (χ2v) is 5.66. The Balaban J connectivity index is 1.78. The Morgan fingerprint density at radius 1 is 1.08 bits per heavy atom. The van der Waals surface area contributed by atoms with E-state index in [1.807, 2.05) is 50.2 Å². The van der Waals surface area contributed by atoms with Crippen molar-refractivity contribution in [2.45, 2.75) is 33.2 Å². The highest BCUT2D eigenvalue weighted by molar-refractivity contribution is 5.76. The molecule has 0 saturated heterocycles. The molecule has 0 radical (unpaired) electrons. The minimum absolute atomic E-state index is 0.0531. The Kier molecular flexibility index (Phi) is 6.67. The van der Waals surface area contributed by atoms with Gasteiger partial charge in [-0.05, 0) is 55.2 Å². The first-order chi connectivity index (χ1) is 11.6. The third kappa shape index (κ3) is 5.30. The van der Waals surface area contributed by atoms with Crippen LogP contribution in [0.4, 0.5) is 0 Å². The van der Waals surface area contributed by atoms with Crippen LogP contribution in [0, 0.1) is 6.92 Å². The monoisotopic (exact) mass is 327 g/mol. The average Bonchev–Trinajstić information content (AvgIpc) is 2.60. The molecule has 2 rings (SSSR count). The largest absolute Gasteiger partial charge is 0.496 e. The maximum atomic E-state index is 12.0. The smallest absolute Gasteiger partial charge is 0.220 e. The lowest BCUT2D eigenvalue weighted by Gasteiger charge is -2.09. The van der Waals surface area contributed by atoms with Crippen LogP contribution in [-0.2, 0) is 17.8 Å². The molecule has 2 aromatic carbocycles. The summed E-state index contributed by atoms with van der Waals surface area (Å²) in [6.45, 7) is 5.15. The topological polar surface area (TPSA) is 47.6 Å². The van der Waals surface area contributed by atoms with Crippen molar-refractivity contribution in [2.24, 2.45) is 0 Å². The Bertz CT molecular complexity index is 665. The average molecular weight is 327 g/mol. The SMILES string of the molecule is CCOc1ccc(CNC(=O)CCc2ccc(OC)c(C)c2)cc1. The van der Waals surface area contributed by atoms with Gasteiger partial charge >= 0.3 is 0 Å². The van der Waals surface area contributed by atoms with Crippen LogP contribution in [0.3, 0.4) is 0 Å². The highest BCUT2D eigenvalue weighted by atomic mass is 16.5. The van der Waals surface area contributed by atoms with Crippen LogP contribution in [0.2, 0.25) is 0 Å². The van der Waals surface area contributed by atoms with Gasteiger partial charge in [-0.15, -0.1) is 0 Å². The Hall–Kier alpha value is -2.49. The van der Waals surface area contributed by atoms with Crippen LogP contribution in [-0.4, -0.2) is 19.6 Å². The van der Waals surface area contributed by atoms with Crippen molar-refractivity contribution >= 4 is 5.91 Å². The van der Waals surface area contributed by atoms with E-state index in [0.29, 0.717) is 19.6 Å². The molecule has 0 atom stereocenters. The van der Waals surface area contributed by atoms with Crippen molar-refractivity contribution in [2.75, 3.05) is 13.7 Å². The van der Waals surface area contributed by atoms with E-state index in [4.69, 9.17) is 9.47 Å². The van der Waals surface area contributed by atoms with E-state index < -0.39 is 0 Å². The molecule has 0 aliphatic rings. The zero-order valence-electron chi connectivity index (χ0n) is 14.6. The van der Waals surface area contributed by atoms with Crippen molar-refractivity contribution < 1.29 is 14.3 Å². The summed E-state index contributed by atoms with van der Waals surface area (Å²) in [5.41, 5.74) is 3.29. The Morgan fingerprint density at radius 3 is 2.42 bits per heavy atom. The lowest BCUT2D eigenvalue weighted by atomic mass is 10.1. The number of carbonyl (C=O) groups is 1. The number of hydrogen-bond donors (Lipinski definition) is 1. The molecule has 0 heterocycles. The summed E-state index contributed by atoms with van der Waals surface area (Å²) < 4.78 is 10.7. The van der Waals surface area contributed by atoms with Crippen LogP contribution in [0.5, 0.6) is 11.5 Å². The molecule has 0 spiro atoms. The summed E-state index contributed by atoms with van der Waals surface area (Å²) in [4.78, 5) is 12.0. The number of rotatable bonds is 8. The summed E-state index contributed by atoms with van der Waals surface area (Å²) >= 11 is 0. The molecular weight excluding hydrogens is 302 g/mol. The van der Waals surface area contributed by atoms with Gasteiger partial charge in [0.15, 0.2) is 0 Å². The molecule has 2 aromatic rings. The summed E-state index contributed by atoms with van der Waals surface area (Å²) in [6, 6.07) is 13.8. The minimum atomic E-state index is 0.0531. The molecule has 128 valence electrons. The molecule has 0 bridgehead atoms. The summed E-state index contributed by atoms with van der Waals surface area (Å²) in [6.07, 6.45) is 1.20. The van der Waals surface area contributed by atoms with Crippen LogP contribution in [0.1, 0.15) is 30.0 Å². The summed E-state index contributed by atoms with van der Waals surface area (Å²) in [5, 5.41) is 2.95. The number of hydrogen-bond acceptors (Lipinski definition) is 3. The van der Waals surface area contributed by atoms with E-state index >= 15 is 0 Å². The first-order valence-electron chi connectivity index (χ1n) is 8.24. The number of aryl methyl sites for hydroxylation is 2. The molecule has 4 nitrogen and oxygen atoms in total. The van der Waals surface area contributed by atoms with E-state index in [1.165, 1.54) is 0 Å². The molecular formula is C20H25NO3. The standard InChI is InChI=1S/C20H25NO3/c1-4-24-18-9-5-17(6-10-18)14-21-20(22)12-8-16-7-11-19(23-3)15(2)13-16/h5-7,9-11,13H,4,8,12,14H2,1-3H3,(H,21,22). The van der Waals surface area contributed by atoms with Gasteiger partial charge in [-0.3, -0.25) is 4.79 Å². The molecule has 24 heavy (non-hydrogen) atoms. The van der Waals surface area contributed by atoms with Crippen molar-refractivity contribution in [1.82, 2.24) is 5.32 Å². The van der Waals surface area contributed by atoms with Crippen LogP contribution in [0.15, 0.2) is 42.5 Å². The van der Waals surface area contributed by atoms with Gasteiger partial charge in [0.25, 0.3) is 0 Å².